The highest BCUT2D eigenvalue weighted by molar-refractivity contribution is 9.10. The lowest BCUT2D eigenvalue weighted by Crippen LogP contribution is -2.36. The Kier molecular flexibility index (Phi) is 3.73. The molecule has 2 aliphatic rings. The van der Waals surface area contributed by atoms with E-state index >= 15 is 0 Å². The lowest BCUT2D eigenvalue weighted by atomic mass is 10.1. The van der Waals surface area contributed by atoms with Gasteiger partial charge in [-0.1, -0.05) is 28.1 Å². The van der Waals surface area contributed by atoms with Gasteiger partial charge in [-0.15, -0.1) is 0 Å². The number of likely N-dealkylation sites (N-methyl/N-ethyl adjacent to an activating group) is 1. The average Bonchev–Trinajstić information content (AvgIpc) is 2.94. The number of hydrogen-bond acceptors (Lipinski definition) is 2. The monoisotopic (exact) mass is 308 g/mol. The minimum atomic E-state index is 0.562. The molecule has 1 aliphatic heterocycles. The summed E-state index contributed by atoms with van der Waals surface area (Å²) in [7, 11) is 2.25. The Morgan fingerprint density at radius 3 is 3.06 bits per heavy atom. The van der Waals surface area contributed by atoms with Crippen LogP contribution in [-0.2, 0) is 6.42 Å². The van der Waals surface area contributed by atoms with Crippen molar-refractivity contribution in [3.05, 3.63) is 33.8 Å². The van der Waals surface area contributed by atoms with Crippen LogP contribution in [0.5, 0.6) is 0 Å². The van der Waals surface area contributed by atoms with Crippen LogP contribution in [0.15, 0.2) is 22.7 Å². The molecule has 1 heterocycles. The molecule has 3 heteroatoms. The average molecular weight is 309 g/mol. The number of fused-ring (bicyclic) bond motifs is 1. The molecule has 1 aromatic carbocycles. The molecule has 0 aromatic heterocycles. The van der Waals surface area contributed by atoms with Crippen molar-refractivity contribution in [2.45, 2.75) is 37.8 Å². The van der Waals surface area contributed by atoms with E-state index in [1.807, 2.05) is 0 Å². The van der Waals surface area contributed by atoms with E-state index in [4.69, 9.17) is 0 Å². The minimum absolute atomic E-state index is 0.562. The molecular formula is C15H21BrN2. The maximum atomic E-state index is 3.77. The third-order valence-electron chi connectivity index (χ3n) is 4.48. The van der Waals surface area contributed by atoms with Gasteiger partial charge in [0.1, 0.15) is 0 Å². The van der Waals surface area contributed by atoms with Crippen molar-refractivity contribution in [3.8, 4) is 0 Å². The smallest absolute Gasteiger partial charge is 0.0327 e. The van der Waals surface area contributed by atoms with Crippen LogP contribution in [0.1, 0.15) is 36.4 Å². The van der Waals surface area contributed by atoms with Gasteiger partial charge in [-0.3, -0.25) is 0 Å². The van der Waals surface area contributed by atoms with E-state index in [-0.39, 0.29) is 0 Å². The molecule has 1 N–H and O–H groups in total. The van der Waals surface area contributed by atoms with Gasteiger partial charge in [-0.25, -0.2) is 0 Å². The third kappa shape index (κ3) is 2.36. The molecule has 0 amide bonds. The van der Waals surface area contributed by atoms with E-state index < -0.39 is 0 Å². The van der Waals surface area contributed by atoms with Crippen LogP contribution >= 0.6 is 15.9 Å². The highest BCUT2D eigenvalue weighted by atomic mass is 79.9. The van der Waals surface area contributed by atoms with E-state index in [1.165, 1.54) is 47.8 Å². The maximum Gasteiger partial charge on any atom is 0.0327 e. The number of hydrogen-bond donors (Lipinski definition) is 1. The van der Waals surface area contributed by atoms with E-state index in [0.717, 1.165) is 12.6 Å². The van der Waals surface area contributed by atoms with Gasteiger partial charge in [0, 0.05) is 23.1 Å². The van der Waals surface area contributed by atoms with Crippen LogP contribution in [0, 0.1) is 0 Å². The highest BCUT2D eigenvalue weighted by Crippen LogP contribution is 2.35. The summed E-state index contributed by atoms with van der Waals surface area (Å²) in [6, 6.07) is 7.90. The quantitative estimate of drug-likeness (QED) is 0.923. The Morgan fingerprint density at radius 2 is 2.28 bits per heavy atom. The van der Waals surface area contributed by atoms with E-state index in [2.05, 4.69) is 51.4 Å². The molecule has 1 saturated heterocycles. The fraction of sp³-hybridized carbons (Fsp3) is 0.600. The minimum Gasteiger partial charge on any atom is -0.308 e. The Bertz CT molecular complexity index is 433. The second kappa shape index (κ2) is 5.32. The zero-order valence-electron chi connectivity index (χ0n) is 11.0. The number of halogens is 1. The molecule has 1 fully saturated rings. The van der Waals surface area contributed by atoms with Crippen LogP contribution in [0.4, 0.5) is 0 Å². The molecule has 0 spiro atoms. The Labute approximate surface area is 118 Å². The van der Waals surface area contributed by atoms with Gasteiger partial charge in [0.05, 0.1) is 0 Å². The summed E-state index contributed by atoms with van der Waals surface area (Å²) in [4.78, 5) is 2.49. The van der Waals surface area contributed by atoms with Crippen molar-refractivity contribution in [1.29, 1.82) is 0 Å². The Hall–Kier alpha value is -0.380. The second-order valence-corrected chi connectivity index (χ2v) is 6.44. The predicted octanol–water partition coefficient (Wildman–Crippen LogP) is 3.12. The zero-order valence-corrected chi connectivity index (χ0v) is 12.5. The van der Waals surface area contributed by atoms with Gasteiger partial charge < -0.3 is 10.2 Å². The molecule has 18 heavy (non-hydrogen) atoms. The fourth-order valence-corrected chi connectivity index (χ4v) is 3.92. The second-order valence-electron chi connectivity index (χ2n) is 5.58. The number of rotatable bonds is 3. The summed E-state index contributed by atoms with van der Waals surface area (Å²) < 4.78 is 1.28. The first-order chi connectivity index (χ1) is 8.75. The lowest BCUT2D eigenvalue weighted by Gasteiger charge is -2.22. The van der Waals surface area contributed by atoms with Crippen molar-refractivity contribution >= 4 is 15.9 Å². The Balaban J connectivity index is 1.64. The van der Waals surface area contributed by atoms with E-state index in [0.29, 0.717) is 6.04 Å². The fourth-order valence-electron chi connectivity index (χ4n) is 3.34. The van der Waals surface area contributed by atoms with Gasteiger partial charge in [0.25, 0.3) is 0 Å². The molecule has 0 saturated carbocycles. The predicted molar refractivity (Wildman–Crippen MR) is 78.9 cm³/mol. The molecule has 1 aromatic rings. The summed E-state index contributed by atoms with van der Waals surface area (Å²) in [6.45, 7) is 2.40. The zero-order chi connectivity index (χ0) is 12.5. The summed E-state index contributed by atoms with van der Waals surface area (Å²) in [5.41, 5.74) is 3.01. The van der Waals surface area contributed by atoms with Crippen LogP contribution in [0.25, 0.3) is 0 Å². The first kappa shape index (κ1) is 12.6. The molecular weight excluding hydrogens is 288 g/mol. The molecule has 2 atom stereocenters. The van der Waals surface area contributed by atoms with Gasteiger partial charge in [-0.05, 0) is 56.5 Å². The highest BCUT2D eigenvalue weighted by Gasteiger charge is 2.26. The topological polar surface area (TPSA) is 15.3 Å². The van der Waals surface area contributed by atoms with Gasteiger partial charge in [0.2, 0.25) is 0 Å². The number of benzene rings is 1. The first-order valence-corrected chi connectivity index (χ1v) is 7.76. The molecule has 1 aliphatic carbocycles. The summed E-state index contributed by atoms with van der Waals surface area (Å²) in [6.07, 6.45) is 5.15. The van der Waals surface area contributed by atoms with Crippen molar-refractivity contribution < 1.29 is 0 Å². The normalized spacial score (nSPS) is 27.7. The summed E-state index contributed by atoms with van der Waals surface area (Å²) in [5, 5.41) is 3.77. The van der Waals surface area contributed by atoms with Crippen molar-refractivity contribution in [2.75, 3.05) is 20.1 Å². The molecule has 2 unspecified atom stereocenters. The van der Waals surface area contributed by atoms with Crippen molar-refractivity contribution in [1.82, 2.24) is 10.2 Å². The Morgan fingerprint density at radius 1 is 1.39 bits per heavy atom. The van der Waals surface area contributed by atoms with E-state index in [1.54, 1.807) is 0 Å². The number of nitrogens with zero attached hydrogens (tertiary/aromatic N) is 1. The van der Waals surface area contributed by atoms with Crippen molar-refractivity contribution in [2.24, 2.45) is 0 Å². The van der Waals surface area contributed by atoms with E-state index in [9.17, 15) is 0 Å². The SMILES string of the molecule is CN1CCCC1CNC1CCc2c(Br)cccc21. The first-order valence-electron chi connectivity index (χ1n) is 6.96. The summed E-state index contributed by atoms with van der Waals surface area (Å²) >= 11 is 3.67. The lowest BCUT2D eigenvalue weighted by molar-refractivity contribution is 0.291. The van der Waals surface area contributed by atoms with Gasteiger partial charge >= 0.3 is 0 Å². The number of nitrogens with one attached hydrogen (secondary N) is 1. The molecule has 2 nitrogen and oxygen atoms in total. The van der Waals surface area contributed by atoms with Gasteiger partial charge in [0.15, 0.2) is 0 Å². The third-order valence-corrected chi connectivity index (χ3v) is 5.23. The van der Waals surface area contributed by atoms with Crippen molar-refractivity contribution in [3.63, 3.8) is 0 Å². The molecule has 0 radical (unpaired) electrons. The van der Waals surface area contributed by atoms with Crippen LogP contribution in [-0.4, -0.2) is 31.1 Å². The summed E-state index contributed by atoms with van der Waals surface area (Å²) in [5.74, 6) is 0. The molecule has 98 valence electrons. The van der Waals surface area contributed by atoms with Gasteiger partial charge in [-0.2, -0.15) is 0 Å². The molecule has 3 rings (SSSR count). The molecule has 0 bridgehead atoms. The van der Waals surface area contributed by atoms with Crippen LogP contribution in [0.3, 0.4) is 0 Å². The standard InChI is InChI=1S/C15H21BrN2/c1-18-9-3-4-11(18)10-17-15-8-7-12-13(15)5-2-6-14(12)16/h2,5-6,11,15,17H,3-4,7-10H2,1H3. The van der Waals surface area contributed by atoms with Crippen LogP contribution in [0.2, 0.25) is 0 Å². The largest absolute Gasteiger partial charge is 0.308 e. The maximum absolute atomic E-state index is 3.77. The number of likely N-dealkylation sites (tertiary alicyclic amines) is 1. The van der Waals surface area contributed by atoms with Crippen LogP contribution < -0.4 is 5.32 Å².